The molecule has 0 spiro atoms. The maximum atomic E-state index is 8.74. The first-order valence-corrected chi connectivity index (χ1v) is 5.17. The normalized spacial score (nSPS) is 10.0. The van der Waals surface area contributed by atoms with Crippen LogP contribution in [0.15, 0.2) is 0 Å². The topological polar surface area (TPSA) is 77.8 Å². The van der Waals surface area contributed by atoms with Crippen molar-refractivity contribution in [2.45, 2.75) is 20.8 Å². The van der Waals surface area contributed by atoms with E-state index in [-0.39, 0.29) is 31.0 Å². The quantitative estimate of drug-likeness (QED) is 0.420. The van der Waals surface area contributed by atoms with E-state index in [1.807, 2.05) is 0 Å². The second-order valence-electron chi connectivity index (χ2n) is 2.07. The number of hydrogen-bond acceptors (Lipinski definition) is 3. The fraction of sp³-hybridized carbons (Fsp3) is 1.00. The maximum absolute atomic E-state index is 8.74. The Morgan fingerprint density at radius 2 is 1.23 bits per heavy atom. The zero-order chi connectivity index (χ0) is 10.2. The molecule has 0 amide bonds. The predicted molar refractivity (Wildman–Crippen MR) is 48.8 cm³/mol. The van der Waals surface area contributed by atoms with Gasteiger partial charge in [-0.2, -0.15) is 8.42 Å². The molecule has 0 aromatic carbocycles. The summed E-state index contributed by atoms with van der Waals surface area (Å²) in [5.74, 6) is 0. The van der Waals surface area contributed by atoms with Gasteiger partial charge in [0.2, 0.25) is 0 Å². The zero-order valence-corrected chi connectivity index (χ0v) is 11.5. The van der Waals surface area contributed by atoms with E-state index in [0.29, 0.717) is 0 Å². The third-order valence-electron chi connectivity index (χ3n) is 1.34. The first kappa shape index (κ1) is 19.4. The average molecular weight is 223 g/mol. The Hall–Kier alpha value is 0.830. The van der Waals surface area contributed by atoms with E-state index in [4.69, 9.17) is 17.5 Å². The molecular weight excluding hydrogens is 205 g/mol. The molecule has 0 bridgehead atoms. The average Bonchev–Trinajstić information content (AvgIpc) is 1.88. The minimum atomic E-state index is -4.67. The molecule has 13 heavy (non-hydrogen) atoms. The van der Waals surface area contributed by atoms with Crippen molar-refractivity contribution in [2.75, 3.05) is 19.6 Å². The molecule has 0 heterocycles. The van der Waals surface area contributed by atoms with E-state index in [2.05, 4.69) is 25.7 Å². The SMILES string of the molecule is CCN(CC)CC.O=S(=O)(O)O.[H-].[Na+]. The van der Waals surface area contributed by atoms with E-state index in [9.17, 15) is 0 Å². The van der Waals surface area contributed by atoms with Crippen LogP contribution in [0.25, 0.3) is 0 Å². The molecule has 78 valence electrons. The summed E-state index contributed by atoms with van der Waals surface area (Å²) in [5.41, 5.74) is 0. The molecule has 0 fully saturated rings. The summed E-state index contributed by atoms with van der Waals surface area (Å²) in [4.78, 5) is 2.38. The van der Waals surface area contributed by atoms with Crippen LogP contribution < -0.4 is 29.6 Å². The Labute approximate surface area is 104 Å². The summed E-state index contributed by atoms with van der Waals surface area (Å²) in [6.45, 7) is 10.1. The van der Waals surface area contributed by atoms with E-state index in [1.165, 1.54) is 19.6 Å². The molecule has 2 N–H and O–H groups in total. The third kappa shape index (κ3) is 32.3. The smallest absolute Gasteiger partial charge is 1.00 e. The van der Waals surface area contributed by atoms with Gasteiger partial charge in [-0.05, 0) is 19.6 Å². The van der Waals surface area contributed by atoms with E-state index in [0.717, 1.165) is 0 Å². The molecule has 0 rings (SSSR count). The van der Waals surface area contributed by atoms with Gasteiger partial charge in [-0.3, -0.25) is 9.11 Å². The first-order valence-electron chi connectivity index (χ1n) is 3.77. The Morgan fingerprint density at radius 1 is 1.08 bits per heavy atom. The van der Waals surface area contributed by atoms with Crippen molar-refractivity contribution < 1.29 is 48.5 Å². The van der Waals surface area contributed by atoms with Crippen molar-refractivity contribution in [3.8, 4) is 0 Å². The van der Waals surface area contributed by atoms with Gasteiger partial charge >= 0.3 is 40.0 Å². The molecule has 0 saturated heterocycles. The predicted octanol–water partition coefficient (Wildman–Crippen LogP) is -2.19. The van der Waals surface area contributed by atoms with Crippen LogP contribution in [0.1, 0.15) is 22.2 Å². The van der Waals surface area contributed by atoms with E-state index >= 15 is 0 Å². The Kier molecular flexibility index (Phi) is 16.3. The van der Waals surface area contributed by atoms with Crippen molar-refractivity contribution in [1.82, 2.24) is 4.90 Å². The molecule has 0 radical (unpaired) electrons. The molecule has 0 aliphatic heterocycles. The summed E-state index contributed by atoms with van der Waals surface area (Å²) in [5, 5.41) is 0. The van der Waals surface area contributed by atoms with Gasteiger partial charge < -0.3 is 6.33 Å². The van der Waals surface area contributed by atoms with Gasteiger partial charge in [0.05, 0.1) is 0 Å². The van der Waals surface area contributed by atoms with Crippen molar-refractivity contribution in [1.29, 1.82) is 0 Å². The third-order valence-corrected chi connectivity index (χ3v) is 1.34. The molecule has 0 atom stereocenters. The van der Waals surface area contributed by atoms with Gasteiger partial charge in [-0.1, -0.05) is 20.8 Å². The van der Waals surface area contributed by atoms with Gasteiger partial charge in [0, 0.05) is 0 Å². The largest absolute Gasteiger partial charge is 1.00 e. The molecule has 0 unspecified atom stereocenters. The van der Waals surface area contributed by atoms with Gasteiger partial charge in [0.25, 0.3) is 0 Å². The zero-order valence-electron chi connectivity index (χ0n) is 9.69. The van der Waals surface area contributed by atoms with Crippen molar-refractivity contribution >= 4 is 10.4 Å². The summed E-state index contributed by atoms with van der Waals surface area (Å²) in [7, 11) is -4.67. The van der Waals surface area contributed by atoms with Crippen LogP contribution in [0.2, 0.25) is 0 Å². The van der Waals surface area contributed by atoms with Gasteiger partial charge in [-0.15, -0.1) is 0 Å². The number of rotatable bonds is 3. The minimum Gasteiger partial charge on any atom is -1.00 e. The molecule has 5 nitrogen and oxygen atoms in total. The van der Waals surface area contributed by atoms with E-state index < -0.39 is 10.4 Å². The van der Waals surface area contributed by atoms with Crippen LogP contribution in [-0.2, 0) is 10.4 Å². The van der Waals surface area contributed by atoms with Crippen molar-refractivity contribution in [3.63, 3.8) is 0 Å². The van der Waals surface area contributed by atoms with Crippen LogP contribution in [-0.4, -0.2) is 42.1 Å². The molecule has 0 aliphatic carbocycles. The number of hydrogen-bond donors (Lipinski definition) is 2. The molecule has 7 heteroatoms. The fourth-order valence-electron chi connectivity index (χ4n) is 0.671. The fourth-order valence-corrected chi connectivity index (χ4v) is 0.671. The second-order valence-corrected chi connectivity index (χ2v) is 2.96. The summed E-state index contributed by atoms with van der Waals surface area (Å²) >= 11 is 0. The number of nitrogens with zero attached hydrogens (tertiary/aromatic N) is 1. The van der Waals surface area contributed by atoms with Gasteiger partial charge in [0.15, 0.2) is 0 Å². The molecule has 0 aromatic rings. The van der Waals surface area contributed by atoms with E-state index in [1.54, 1.807) is 0 Å². The standard InChI is InChI=1S/C6H15N.Na.H2O4S.H/c1-4-7(5-2)6-3;;1-5(2,3)4;/h4-6H2,1-3H3;;(H2,1,2,3,4);/q;+1;;-1. The summed E-state index contributed by atoms with van der Waals surface area (Å²) < 4.78 is 31.6. The Bertz CT molecular complexity index is 171. The molecule has 0 aliphatic rings. The van der Waals surface area contributed by atoms with Crippen LogP contribution in [0.5, 0.6) is 0 Å². The first-order chi connectivity index (χ1) is 5.35. The minimum absolute atomic E-state index is 0. The van der Waals surface area contributed by atoms with Crippen LogP contribution in [0, 0.1) is 0 Å². The Morgan fingerprint density at radius 3 is 1.23 bits per heavy atom. The van der Waals surface area contributed by atoms with Gasteiger partial charge in [-0.25, -0.2) is 0 Å². The Balaban J connectivity index is -0.0000000651. The van der Waals surface area contributed by atoms with Crippen molar-refractivity contribution in [2.24, 2.45) is 0 Å². The second kappa shape index (κ2) is 10.9. The van der Waals surface area contributed by atoms with Crippen LogP contribution >= 0.6 is 0 Å². The van der Waals surface area contributed by atoms with Gasteiger partial charge in [0.1, 0.15) is 0 Å². The monoisotopic (exact) mass is 223 g/mol. The molecule has 0 aromatic heterocycles. The molecular formula is C6H18NNaO4S. The van der Waals surface area contributed by atoms with Crippen molar-refractivity contribution in [3.05, 3.63) is 0 Å². The van der Waals surface area contributed by atoms with Crippen LogP contribution in [0.3, 0.4) is 0 Å². The molecule has 0 saturated carbocycles. The maximum Gasteiger partial charge on any atom is 1.00 e. The summed E-state index contributed by atoms with van der Waals surface area (Å²) in [6.07, 6.45) is 0. The summed E-state index contributed by atoms with van der Waals surface area (Å²) in [6, 6.07) is 0. The van der Waals surface area contributed by atoms with Crippen LogP contribution in [0.4, 0.5) is 0 Å².